The molecule has 0 spiro atoms. The third-order valence-electron chi connectivity index (χ3n) is 6.79. The third kappa shape index (κ3) is 24.1. The summed E-state index contributed by atoms with van der Waals surface area (Å²) >= 11 is 0. The first-order valence-electron chi connectivity index (χ1n) is 14.1. The Morgan fingerprint density at radius 2 is 0.655 bits per heavy atom. The van der Waals surface area contributed by atoms with E-state index in [4.69, 9.17) is 0 Å². The van der Waals surface area contributed by atoms with Crippen molar-refractivity contribution in [1.29, 1.82) is 0 Å². The first-order valence-corrected chi connectivity index (χ1v) is 14.1. The van der Waals surface area contributed by atoms with Crippen molar-refractivity contribution in [3.05, 3.63) is 6.92 Å². The van der Waals surface area contributed by atoms with Crippen LogP contribution in [0, 0.1) is 12.8 Å². The fraction of sp³-hybridized carbons (Fsp3) is 0.966. The van der Waals surface area contributed by atoms with Crippen molar-refractivity contribution in [1.82, 2.24) is 0 Å². The molecule has 0 saturated carbocycles. The van der Waals surface area contributed by atoms with Gasteiger partial charge in [0, 0.05) is 0 Å². The summed E-state index contributed by atoms with van der Waals surface area (Å²) in [6.45, 7) is 8.62. The Hall–Kier alpha value is 0. The normalized spacial score (nSPS) is 12.5. The maximum atomic E-state index is 4.00. The highest BCUT2D eigenvalue weighted by molar-refractivity contribution is 4.62. The SMILES string of the molecule is [CH2]CCCCCC(CCCCCCC)CCCCCCCCCCCCCCC. The lowest BCUT2D eigenvalue weighted by molar-refractivity contribution is 0.367. The molecule has 1 radical (unpaired) electrons. The van der Waals surface area contributed by atoms with Crippen LogP contribution in [0.2, 0.25) is 0 Å². The van der Waals surface area contributed by atoms with Crippen molar-refractivity contribution in [3.8, 4) is 0 Å². The molecule has 0 aliphatic rings. The zero-order valence-corrected chi connectivity index (χ0v) is 21.0. The van der Waals surface area contributed by atoms with Crippen LogP contribution in [0.3, 0.4) is 0 Å². The fourth-order valence-corrected chi connectivity index (χ4v) is 4.71. The summed E-state index contributed by atoms with van der Waals surface area (Å²) in [4.78, 5) is 0. The van der Waals surface area contributed by atoms with Gasteiger partial charge in [-0.2, -0.15) is 0 Å². The van der Waals surface area contributed by atoms with Crippen LogP contribution in [0.4, 0.5) is 0 Å². The molecule has 1 atom stereocenters. The van der Waals surface area contributed by atoms with Gasteiger partial charge in [0.15, 0.2) is 0 Å². The van der Waals surface area contributed by atoms with Crippen LogP contribution >= 0.6 is 0 Å². The molecule has 0 amide bonds. The molecule has 0 bridgehead atoms. The molecule has 0 heterocycles. The van der Waals surface area contributed by atoms with Crippen LogP contribution in [0.15, 0.2) is 0 Å². The van der Waals surface area contributed by atoms with Crippen molar-refractivity contribution in [2.24, 2.45) is 5.92 Å². The van der Waals surface area contributed by atoms with Gasteiger partial charge in [0.1, 0.15) is 0 Å². The lowest BCUT2D eigenvalue weighted by Crippen LogP contribution is -2.01. The highest BCUT2D eigenvalue weighted by Gasteiger charge is 2.08. The Bertz CT molecular complexity index is 269. The van der Waals surface area contributed by atoms with Crippen LogP contribution in [-0.2, 0) is 0 Å². The highest BCUT2D eigenvalue weighted by atomic mass is 14.1. The maximum absolute atomic E-state index is 4.00. The Morgan fingerprint density at radius 3 is 0.966 bits per heavy atom. The van der Waals surface area contributed by atoms with E-state index in [1.807, 2.05) is 0 Å². The van der Waals surface area contributed by atoms with E-state index >= 15 is 0 Å². The van der Waals surface area contributed by atoms with Crippen molar-refractivity contribution in [2.45, 2.75) is 174 Å². The van der Waals surface area contributed by atoms with Gasteiger partial charge in [-0.3, -0.25) is 0 Å². The van der Waals surface area contributed by atoms with E-state index in [2.05, 4.69) is 20.8 Å². The van der Waals surface area contributed by atoms with E-state index in [0.717, 1.165) is 12.3 Å². The smallest absolute Gasteiger partial charge is 0.0414 e. The molecule has 29 heavy (non-hydrogen) atoms. The number of hydrogen-bond acceptors (Lipinski definition) is 0. The predicted molar refractivity (Wildman–Crippen MR) is 136 cm³/mol. The van der Waals surface area contributed by atoms with Crippen LogP contribution in [0.5, 0.6) is 0 Å². The molecular weight excluding hydrogens is 348 g/mol. The summed E-state index contributed by atoms with van der Waals surface area (Å²) in [7, 11) is 0. The first-order chi connectivity index (χ1) is 14.3. The average molecular weight is 408 g/mol. The van der Waals surface area contributed by atoms with Gasteiger partial charge in [-0.05, 0) is 5.92 Å². The van der Waals surface area contributed by atoms with Crippen molar-refractivity contribution in [3.63, 3.8) is 0 Å². The molecule has 0 N–H and O–H groups in total. The minimum atomic E-state index is 1.02. The lowest BCUT2D eigenvalue weighted by Gasteiger charge is -2.17. The molecule has 0 fully saturated rings. The third-order valence-corrected chi connectivity index (χ3v) is 6.79. The zero-order valence-electron chi connectivity index (χ0n) is 21.0. The van der Waals surface area contributed by atoms with Crippen molar-refractivity contribution in [2.75, 3.05) is 0 Å². The molecule has 0 aromatic rings. The van der Waals surface area contributed by atoms with Gasteiger partial charge in [-0.15, -0.1) is 0 Å². The van der Waals surface area contributed by atoms with Gasteiger partial charge in [0.05, 0.1) is 0 Å². The topological polar surface area (TPSA) is 0 Å². The van der Waals surface area contributed by atoms with Crippen LogP contribution in [0.25, 0.3) is 0 Å². The molecular formula is C29H59. The van der Waals surface area contributed by atoms with Gasteiger partial charge in [0.2, 0.25) is 0 Å². The Morgan fingerprint density at radius 1 is 0.379 bits per heavy atom. The summed E-state index contributed by atoms with van der Waals surface area (Å²) in [5.74, 6) is 1.02. The lowest BCUT2D eigenvalue weighted by atomic mass is 9.89. The Kier molecular flexibility index (Phi) is 26.0. The summed E-state index contributed by atoms with van der Waals surface area (Å²) in [6, 6.07) is 0. The molecule has 0 aliphatic heterocycles. The molecule has 0 aromatic carbocycles. The van der Waals surface area contributed by atoms with Crippen molar-refractivity contribution >= 4 is 0 Å². The summed E-state index contributed by atoms with van der Waals surface area (Å²) < 4.78 is 0. The molecule has 0 saturated heterocycles. The van der Waals surface area contributed by atoms with Gasteiger partial charge in [-0.25, -0.2) is 0 Å². The van der Waals surface area contributed by atoms with E-state index in [0.29, 0.717) is 0 Å². The van der Waals surface area contributed by atoms with E-state index < -0.39 is 0 Å². The monoisotopic (exact) mass is 407 g/mol. The standard InChI is InChI=1S/C29H59/c1-4-7-10-13-14-15-16-17-18-19-20-22-25-28-29(26-23-12-9-6-3)27-24-21-11-8-5-2/h29H,3-28H2,1-2H3. The van der Waals surface area contributed by atoms with Gasteiger partial charge < -0.3 is 0 Å². The highest BCUT2D eigenvalue weighted by Crippen LogP contribution is 2.24. The summed E-state index contributed by atoms with van der Waals surface area (Å²) in [5, 5.41) is 0. The molecule has 0 rings (SSSR count). The molecule has 0 heteroatoms. The first kappa shape index (κ1) is 29.0. The van der Waals surface area contributed by atoms with Crippen LogP contribution < -0.4 is 0 Å². The number of hydrogen-bond donors (Lipinski definition) is 0. The van der Waals surface area contributed by atoms with Gasteiger partial charge in [0.25, 0.3) is 0 Å². The number of rotatable bonds is 25. The van der Waals surface area contributed by atoms with Crippen molar-refractivity contribution < 1.29 is 0 Å². The maximum Gasteiger partial charge on any atom is -0.0414 e. The number of unbranched alkanes of at least 4 members (excludes halogenated alkanes) is 19. The average Bonchev–Trinajstić information content (AvgIpc) is 2.73. The van der Waals surface area contributed by atoms with E-state index in [9.17, 15) is 0 Å². The summed E-state index contributed by atoms with van der Waals surface area (Å²) in [6.07, 6.45) is 36.2. The quantitative estimate of drug-likeness (QED) is 0.132. The second kappa shape index (κ2) is 26.0. The molecule has 1 unspecified atom stereocenters. The Labute approximate surface area is 187 Å². The molecule has 175 valence electrons. The van der Waals surface area contributed by atoms with E-state index in [-0.39, 0.29) is 0 Å². The molecule has 0 aromatic heterocycles. The predicted octanol–water partition coefficient (Wildman–Crippen LogP) is 11.2. The minimum absolute atomic E-state index is 1.02. The van der Waals surface area contributed by atoms with Crippen LogP contribution in [-0.4, -0.2) is 0 Å². The van der Waals surface area contributed by atoms with E-state index in [1.54, 1.807) is 0 Å². The fourth-order valence-electron chi connectivity index (χ4n) is 4.71. The second-order valence-corrected chi connectivity index (χ2v) is 9.80. The largest absolute Gasteiger partial charge is 0.0654 e. The Balaban J connectivity index is 3.56. The molecule has 0 nitrogen and oxygen atoms in total. The summed E-state index contributed by atoms with van der Waals surface area (Å²) in [5.41, 5.74) is 0. The molecule has 0 aliphatic carbocycles. The van der Waals surface area contributed by atoms with Gasteiger partial charge in [-0.1, -0.05) is 181 Å². The zero-order chi connectivity index (χ0) is 21.3. The minimum Gasteiger partial charge on any atom is -0.0654 e. The second-order valence-electron chi connectivity index (χ2n) is 9.80. The van der Waals surface area contributed by atoms with Crippen LogP contribution in [0.1, 0.15) is 174 Å². The van der Waals surface area contributed by atoms with Gasteiger partial charge >= 0.3 is 0 Å². The van der Waals surface area contributed by atoms with E-state index in [1.165, 1.54) is 154 Å².